The van der Waals surface area contributed by atoms with Crippen molar-refractivity contribution in [2.75, 3.05) is 13.7 Å². The van der Waals surface area contributed by atoms with Crippen molar-refractivity contribution in [3.8, 4) is 0 Å². The summed E-state index contributed by atoms with van der Waals surface area (Å²) < 4.78 is 5.74. The second-order valence-corrected chi connectivity index (χ2v) is 6.24. The summed E-state index contributed by atoms with van der Waals surface area (Å²) in [4.78, 5) is 2.81. The third-order valence-corrected chi connectivity index (χ3v) is 4.45. The summed E-state index contributed by atoms with van der Waals surface area (Å²) in [5, 5.41) is 3.66. The molecule has 2 atom stereocenters. The Labute approximate surface area is 108 Å². The average Bonchev–Trinajstić information content (AvgIpc) is 3.07. The molecule has 3 heteroatoms. The van der Waals surface area contributed by atoms with Gasteiger partial charge in [-0.2, -0.15) is 0 Å². The molecule has 0 aromatic carbocycles. The van der Waals surface area contributed by atoms with Crippen LogP contribution < -0.4 is 5.32 Å². The zero-order valence-corrected chi connectivity index (χ0v) is 11.8. The van der Waals surface area contributed by atoms with E-state index in [4.69, 9.17) is 4.74 Å². The average molecular weight is 253 g/mol. The number of nitrogens with one attached hydrogen (secondary N) is 1. The predicted octanol–water partition coefficient (Wildman–Crippen LogP) is 3.52. The molecule has 1 saturated carbocycles. The maximum atomic E-state index is 5.74. The minimum absolute atomic E-state index is 0.347. The van der Waals surface area contributed by atoms with E-state index in [1.807, 2.05) is 18.4 Å². The molecule has 0 bridgehead atoms. The van der Waals surface area contributed by atoms with Crippen LogP contribution in [0.2, 0.25) is 0 Å². The molecule has 1 aliphatic rings. The normalized spacial score (nSPS) is 19.2. The van der Waals surface area contributed by atoms with Gasteiger partial charge in [0.25, 0.3) is 0 Å². The van der Waals surface area contributed by atoms with E-state index in [9.17, 15) is 0 Å². The first-order valence-corrected chi connectivity index (χ1v) is 7.40. The van der Waals surface area contributed by atoms with Crippen LogP contribution in [0.25, 0.3) is 0 Å². The van der Waals surface area contributed by atoms with Gasteiger partial charge in [0.15, 0.2) is 0 Å². The van der Waals surface area contributed by atoms with E-state index in [0.717, 1.165) is 12.5 Å². The molecular formula is C14H23NOS. The fraction of sp³-hybridized carbons (Fsp3) is 0.714. The summed E-state index contributed by atoms with van der Waals surface area (Å²) in [5.74, 6) is 0.761. The highest BCUT2D eigenvalue weighted by Crippen LogP contribution is 2.41. The van der Waals surface area contributed by atoms with E-state index >= 15 is 0 Å². The summed E-state index contributed by atoms with van der Waals surface area (Å²) in [6.45, 7) is 5.45. The van der Waals surface area contributed by atoms with E-state index in [1.165, 1.54) is 29.0 Å². The lowest BCUT2D eigenvalue weighted by atomic mass is 10.0. The van der Waals surface area contributed by atoms with Crippen LogP contribution in [-0.4, -0.2) is 19.8 Å². The molecule has 0 spiro atoms. The molecule has 0 amide bonds. The maximum absolute atomic E-state index is 5.74. The van der Waals surface area contributed by atoms with Gasteiger partial charge in [0.1, 0.15) is 0 Å². The van der Waals surface area contributed by atoms with Crippen molar-refractivity contribution < 1.29 is 4.74 Å². The van der Waals surface area contributed by atoms with Crippen molar-refractivity contribution in [3.63, 3.8) is 0 Å². The number of hydrogen-bond acceptors (Lipinski definition) is 3. The van der Waals surface area contributed by atoms with Crippen molar-refractivity contribution in [2.24, 2.45) is 5.92 Å². The molecule has 0 aliphatic heterocycles. The molecule has 0 saturated heterocycles. The van der Waals surface area contributed by atoms with Crippen molar-refractivity contribution >= 4 is 11.3 Å². The van der Waals surface area contributed by atoms with Gasteiger partial charge in [-0.05, 0) is 50.8 Å². The lowest BCUT2D eigenvalue weighted by molar-refractivity contribution is 0.0517. The van der Waals surface area contributed by atoms with E-state index in [2.05, 4.69) is 31.3 Å². The second kappa shape index (κ2) is 5.98. The minimum Gasteiger partial charge on any atom is -0.379 e. The van der Waals surface area contributed by atoms with E-state index in [0.29, 0.717) is 12.1 Å². The third kappa shape index (κ3) is 3.30. The Kier molecular flexibility index (Phi) is 4.60. The van der Waals surface area contributed by atoms with Gasteiger partial charge in [-0.1, -0.05) is 6.92 Å². The SMILES string of the molecule is CCCNC(c1ccc(C)s1)C(OC)C1CC1. The number of ether oxygens (including phenoxy) is 1. The number of methoxy groups -OCH3 is 1. The highest BCUT2D eigenvalue weighted by molar-refractivity contribution is 7.12. The largest absolute Gasteiger partial charge is 0.379 e. The fourth-order valence-electron chi connectivity index (χ4n) is 2.32. The molecule has 1 fully saturated rings. The summed E-state index contributed by atoms with van der Waals surface area (Å²) in [6.07, 6.45) is 4.17. The Bertz CT molecular complexity index is 346. The van der Waals surface area contributed by atoms with Crippen molar-refractivity contribution in [1.29, 1.82) is 0 Å². The van der Waals surface area contributed by atoms with Crippen molar-refractivity contribution in [2.45, 2.75) is 45.3 Å². The maximum Gasteiger partial charge on any atom is 0.0802 e. The lowest BCUT2D eigenvalue weighted by Gasteiger charge is -2.26. The molecule has 96 valence electrons. The van der Waals surface area contributed by atoms with Gasteiger partial charge in [0.05, 0.1) is 12.1 Å². The summed E-state index contributed by atoms with van der Waals surface area (Å²) in [7, 11) is 1.85. The molecule has 17 heavy (non-hydrogen) atoms. The van der Waals surface area contributed by atoms with Gasteiger partial charge in [-0.25, -0.2) is 0 Å². The highest BCUT2D eigenvalue weighted by atomic mass is 32.1. The van der Waals surface area contributed by atoms with Crippen LogP contribution in [-0.2, 0) is 4.74 Å². The third-order valence-electron chi connectivity index (χ3n) is 3.37. The molecule has 1 heterocycles. The smallest absolute Gasteiger partial charge is 0.0802 e. The van der Waals surface area contributed by atoms with Crippen LogP contribution in [0, 0.1) is 12.8 Å². The first kappa shape index (κ1) is 13.1. The van der Waals surface area contributed by atoms with E-state index in [-0.39, 0.29) is 0 Å². The van der Waals surface area contributed by atoms with Gasteiger partial charge in [0.2, 0.25) is 0 Å². The van der Waals surface area contributed by atoms with E-state index in [1.54, 1.807) is 0 Å². The molecule has 2 unspecified atom stereocenters. The molecular weight excluding hydrogens is 230 g/mol. The number of thiophene rings is 1. The first-order valence-electron chi connectivity index (χ1n) is 6.58. The highest BCUT2D eigenvalue weighted by Gasteiger charge is 2.37. The standard InChI is InChI=1S/C14H23NOS/c1-4-9-15-13(12-8-5-10(2)17-12)14(16-3)11-6-7-11/h5,8,11,13-15H,4,6-7,9H2,1-3H3. The first-order chi connectivity index (χ1) is 8.26. The molecule has 1 aromatic heterocycles. The molecule has 1 N–H and O–H groups in total. The fourth-order valence-corrected chi connectivity index (χ4v) is 3.31. The lowest BCUT2D eigenvalue weighted by Crippen LogP contribution is -2.34. The Morgan fingerprint density at radius 3 is 2.71 bits per heavy atom. The predicted molar refractivity (Wildman–Crippen MR) is 73.6 cm³/mol. The molecule has 2 nitrogen and oxygen atoms in total. The zero-order valence-electron chi connectivity index (χ0n) is 11.0. The van der Waals surface area contributed by atoms with Crippen LogP contribution in [0.15, 0.2) is 12.1 Å². The second-order valence-electron chi connectivity index (χ2n) is 4.92. The van der Waals surface area contributed by atoms with Crippen LogP contribution >= 0.6 is 11.3 Å². The van der Waals surface area contributed by atoms with Gasteiger partial charge >= 0.3 is 0 Å². The molecule has 2 rings (SSSR count). The number of aryl methyl sites for hydroxylation is 1. The molecule has 1 aliphatic carbocycles. The van der Waals surface area contributed by atoms with Gasteiger partial charge in [-0.15, -0.1) is 11.3 Å². The summed E-state index contributed by atoms with van der Waals surface area (Å²) in [6, 6.07) is 4.84. The van der Waals surface area contributed by atoms with Gasteiger partial charge < -0.3 is 10.1 Å². The Balaban J connectivity index is 2.11. The van der Waals surface area contributed by atoms with Crippen molar-refractivity contribution in [3.05, 3.63) is 21.9 Å². The van der Waals surface area contributed by atoms with Crippen LogP contribution in [0.4, 0.5) is 0 Å². The summed E-state index contributed by atoms with van der Waals surface area (Å²) >= 11 is 1.89. The number of rotatable bonds is 7. The van der Waals surface area contributed by atoms with Gasteiger partial charge in [0, 0.05) is 16.9 Å². The van der Waals surface area contributed by atoms with Crippen LogP contribution in [0.3, 0.4) is 0 Å². The number of hydrogen-bond donors (Lipinski definition) is 1. The summed E-state index contributed by atoms with van der Waals surface area (Å²) in [5.41, 5.74) is 0. The molecule has 1 aromatic rings. The zero-order chi connectivity index (χ0) is 12.3. The van der Waals surface area contributed by atoms with Crippen LogP contribution in [0.5, 0.6) is 0 Å². The van der Waals surface area contributed by atoms with E-state index < -0.39 is 0 Å². The quantitative estimate of drug-likeness (QED) is 0.802. The molecule has 0 radical (unpaired) electrons. The monoisotopic (exact) mass is 253 g/mol. The van der Waals surface area contributed by atoms with Crippen LogP contribution in [0.1, 0.15) is 42.0 Å². The van der Waals surface area contributed by atoms with Gasteiger partial charge in [-0.3, -0.25) is 0 Å². The topological polar surface area (TPSA) is 21.3 Å². The Hall–Kier alpha value is -0.380. The Morgan fingerprint density at radius 2 is 2.24 bits per heavy atom. The Morgan fingerprint density at radius 1 is 1.47 bits per heavy atom. The van der Waals surface area contributed by atoms with Crippen molar-refractivity contribution in [1.82, 2.24) is 5.32 Å². The minimum atomic E-state index is 0.347.